The van der Waals surface area contributed by atoms with Crippen molar-refractivity contribution in [2.24, 2.45) is 0 Å². The molecule has 0 aliphatic carbocycles. The number of rotatable bonds is 5. The molecule has 2 aromatic heterocycles. The molecule has 3 rings (SSSR count). The minimum atomic E-state index is -0.438. The Bertz CT molecular complexity index is 854. The van der Waals surface area contributed by atoms with Gasteiger partial charge in [-0.3, -0.25) is 14.2 Å². The van der Waals surface area contributed by atoms with Crippen molar-refractivity contribution in [1.82, 2.24) is 19.6 Å². The van der Waals surface area contributed by atoms with Gasteiger partial charge in [-0.05, 0) is 37.1 Å². The Kier molecular flexibility index (Phi) is 4.41. The molecular formula is C17H18FN5O. The molecule has 0 aliphatic rings. The zero-order chi connectivity index (χ0) is 17.1. The molecule has 7 heteroatoms. The molecule has 124 valence electrons. The van der Waals surface area contributed by atoms with E-state index in [-0.39, 0.29) is 11.7 Å². The van der Waals surface area contributed by atoms with E-state index in [0.29, 0.717) is 12.4 Å². The summed E-state index contributed by atoms with van der Waals surface area (Å²) < 4.78 is 16.5. The van der Waals surface area contributed by atoms with Crippen LogP contribution in [-0.4, -0.2) is 25.5 Å². The highest BCUT2D eigenvalue weighted by atomic mass is 19.1. The predicted octanol–water partition coefficient (Wildman–Crippen LogP) is 2.78. The molecule has 6 nitrogen and oxygen atoms in total. The van der Waals surface area contributed by atoms with Gasteiger partial charge < -0.3 is 5.32 Å². The number of hydrogen-bond acceptors (Lipinski definition) is 3. The number of carbonyl (C=O) groups is 1. The minimum absolute atomic E-state index is 0.200. The van der Waals surface area contributed by atoms with Crippen LogP contribution in [0.3, 0.4) is 0 Å². The lowest BCUT2D eigenvalue weighted by Crippen LogP contribution is -2.24. The third-order valence-corrected chi connectivity index (χ3v) is 3.63. The Balaban J connectivity index is 1.64. The van der Waals surface area contributed by atoms with Crippen molar-refractivity contribution in [3.8, 4) is 0 Å². The topological polar surface area (TPSA) is 64.7 Å². The molecule has 0 saturated heterocycles. The molecule has 2 heterocycles. The molecule has 1 amide bonds. The Morgan fingerprint density at radius 3 is 2.92 bits per heavy atom. The number of nitrogens with zero attached hydrogens (tertiary/aromatic N) is 4. The smallest absolute Gasteiger partial charge is 0.250 e. The molecule has 0 saturated carbocycles. The molecule has 0 bridgehead atoms. The van der Waals surface area contributed by atoms with Crippen molar-refractivity contribution in [2.75, 3.05) is 5.32 Å². The predicted molar refractivity (Wildman–Crippen MR) is 88.0 cm³/mol. The molecule has 1 atom stereocenters. The molecule has 0 aliphatic heterocycles. The fraction of sp³-hybridized carbons (Fsp3) is 0.235. The molecule has 1 unspecified atom stereocenters. The van der Waals surface area contributed by atoms with Crippen molar-refractivity contribution in [3.63, 3.8) is 0 Å². The highest BCUT2D eigenvalue weighted by molar-refractivity contribution is 5.92. The van der Waals surface area contributed by atoms with Crippen LogP contribution in [0.5, 0.6) is 0 Å². The van der Waals surface area contributed by atoms with E-state index in [2.05, 4.69) is 15.5 Å². The highest BCUT2D eigenvalue weighted by Gasteiger charge is 2.16. The first-order chi connectivity index (χ1) is 11.5. The maximum atomic E-state index is 13.2. The van der Waals surface area contributed by atoms with E-state index in [4.69, 9.17) is 0 Å². The van der Waals surface area contributed by atoms with Gasteiger partial charge in [0.2, 0.25) is 5.91 Å². The Hall–Kier alpha value is -2.96. The molecule has 0 fully saturated rings. The zero-order valence-electron chi connectivity index (χ0n) is 13.5. The first-order valence-corrected chi connectivity index (χ1v) is 7.61. The fourth-order valence-electron chi connectivity index (χ4n) is 2.33. The third-order valence-electron chi connectivity index (χ3n) is 3.63. The fourth-order valence-corrected chi connectivity index (χ4v) is 2.33. The van der Waals surface area contributed by atoms with Crippen molar-refractivity contribution in [1.29, 1.82) is 0 Å². The summed E-state index contributed by atoms with van der Waals surface area (Å²) in [6.45, 7) is 4.12. The van der Waals surface area contributed by atoms with E-state index in [9.17, 15) is 9.18 Å². The zero-order valence-corrected chi connectivity index (χ0v) is 13.5. The van der Waals surface area contributed by atoms with Crippen LogP contribution < -0.4 is 5.32 Å². The van der Waals surface area contributed by atoms with Crippen LogP contribution in [0.1, 0.15) is 24.1 Å². The van der Waals surface area contributed by atoms with Gasteiger partial charge in [-0.25, -0.2) is 4.39 Å². The Morgan fingerprint density at radius 1 is 1.38 bits per heavy atom. The van der Waals surface area contributed by atoms with Gasteiger partial charge >= 0.3 is 0 Å². The van der Waals surface area contributed by atoms with E-state index in [0.717, 1.165) is 11.1 Å². The average molecular weight is 327 g/mol. The van der Waals surface area contributed by atoms with Crippen LogP contribution in [0.4, 0.5) is 10.2 Å². The van der Waals surface area contributed by atoms with Crippen molar-refractivity contribution >= 4 is 11.7 Å². The number of anilines is 1. The van der Waals surface area contributed by atoms with E-state index >= 15 is 0 Å². The summed E-state index contributed by atoms with van der Waals surface area (Å²) in [6.07, 6.45) is 5.26. The lowest BCUT2D eigenvalue weighted by atomic mass is 10.2. The lowest BCUT2D eigenvalue weighted by molar-refractivity contribution is -0.119. The van der Waals surface area contributed by atoms with Crippen molar-refractivity contribution in [2.45, 2.75) is 26.4 Å². The maximum absolute atomic E-state index is 13.2. The summed E-state index contributed by atoms with van der Waals surface area (Å²) in [7, 11) is 0. The second kappa shape index (κ2) is 6.66. The van der Waals surface area contributed by atoms with E-state index in [1.807, 2.05) is 19.2 Å². The molecule has 3 aromatic rings. The lowest BCUT2D eigenvalue weighted by Gasteiger charge is -2.11. The quantitative estimate of drug-likeness (QED) is 0.784. The summed E-state index contributed by atoms with van der Waals surface area (Å²) in [5.74, 6) is -0.0299. The molecular weight excluding hydrogens is 309 g/mol. The van der Waals surface area contributed by atoms with Crippen LogP contribution in [0.15, 0.2) is 48.9 Å². The molecule has 1 aromatic carbocycles. The standard InChI is InChI=1S/C17H18FN5O/c1-12-9-19-23(10-12)13(2)17(24)20-16-6-7-22(21-16)11-14-4-3-5-15(18)8-14/h3-10,13H,11H2,1-2H3,(H,20,21,24). The molecule has 0 radical (unpaired) electrons. The average Bonchev–Trinajstić information content (AvgIpc) is 3.16. The normalized spacial score (nSPS) is 12.1. The third kappa shape index (κ3) is 3.68. The van der Waals surface area contributed by atoms with Crippen LogP contribution >= 0.6 is 0 Å². The first-order valence-electron chi connectivity index (χ1n) is 7.61. The van der Waals surface area contributed by atoms with Gasteiger partial charge in [0.25, 0.3) is 0 Å². The Morgan fingerprint density at radius 2 is 2.21 bits per heavy atom. The van der Waals surface area contributed by atoms with Crippen molar-refractivity contribution < 1.29 is 9.18 Å². The maximum Gasteiger partial charge on any atom is 0.250 e. The number of aromatic nitrogens is 4. The van der Waals surface area contributed by atoms with Gasteiger partial charge in [-0.2, -0.15) is 10.2 Å². The second-order valence-corrected chi connectivity index (χ2v) is 5.69. The second-order valence-electron chi connectivity index (χ2n) is 5.69. The Labute approximate surface area is 138 Å². The summed E-state index contributed by atoms with van der Waals surface area (Å²) >= 11 is 0. The van der Waals surface area contributed by atoms with Crippen LogP contribution in [0.2, 0.25) is 0 Å². The van der Waals surface area contributed by atoms with Crippen molar-refractivity contribution in [3.05, 3.63) is 65.9 Å². The summed E-state index contributed by atoms with van der Waals surface area (Å²) in [6, 6.07) is 7.61. The first kappa shape index (κ1) is 15.9. The van der Waals surface area contributed by atoms with Gasteiger partial charge in [0.05, 0.1) is 12.7 Å². The largest absolute Gasteiger partial charge is 0.307 e. The summed E-state index contributed by atoms with van der Waals surface area (Å²) in [5, 5.41) is 11.2. The highest BCUT2D eigenvalue weighted by Crippen LogP contribution is 2.12. The van der Waals surface area contributed by atoms with Gasteiger partial charge in [-0.1, -0.05) is 12.1 Å². The number of nitrogens with one attached hydrogen (secondary N) is 1. The van der Waals surface area contributed by atoms with Gasteiger partial charge in [0.15, 0.2) is 5.82 Å². The van der Waals surface area contributed by atoms with Crippen LogP contribution in [0, 0.1) is 12.7 Å². The minimum Gasteiger partial charge on any atom is -0.307 e. The van der Waals surface area contributed by atoms with E-state index in [1.165, 1.54) is 12.1 Å². The van der Waals surface area contributed by atoms with Gasteiger partial charge in [0.1, 0.15) is 11.9 Å². The SMILES string of the molecule is Cc1cnn(C(C)C(=O)Nc2ccn(Cc3cccc(F)c3)n2)c1. The summed E-state index contributed by atoms with van der Waals surface area (Å²) in [5.41, 5.74) is 1.80. The molecule has 0 spiro atoms. The number of hydrogen-bond donors (Lipinski definition) is 1. The van der Waals surface area contributed by atoms with E-state index in [1.54, 1.807) is 40.8 Å². The number of aryl methyl sites for hydroxylation is 1. The van der Waals surface area contributed by atoms with Gasteiger partial charge in [-0.15, -0.1) is 0 Å². The molecule has 24 heavy (non-hydrogen) atoms. The monoisotopic (exact) mass is 327 g/mol. The number of halogens is 1. The van der Waals surface area contributed by atoms with Crippen LogP contribution in [0.25, 0.3) is 0 Å². The van der Waals surface area contributed by atoms with Crippen LogP contribution in [-0.2, 0) is 11.3 Å². The molecule has 1 N–H and O–H groups in total. The number of benzene rings is 1. The van der Waals surface area contributed by atoms with E-state index < -0.39 is 6.04 Å². The number of amides is 1. The van der Waals surface area contributed by atoms with Gasteiger partial charge in [0, 0.05) is 18.5 Å². The number of carbonyl (C=O) groups excluding carboxylic acids is 1. The summed E-state index contributed by atoms with van der Waals surface area (Å²) in [4.78, 5) is 12.3.